The van der Waals surface area contributed by atoms with E-state index in [1.54, 1.807) is 0 Å². The summed E-state index contributed by atoms with van der Waals surface area (Å²) in [6.45, 7) is 8.47. The summed E-state index contributed by atoms with van der Waals surface area (Å²) in [5.74, 6) is 1.69. The fourth-order valence-corrected chi connectivity index (χ4v) is 2.02. The van der Waals surface area contributed by atoms with Crippen molar-refractivity contribution in [1.29, 1.82) is 0 Å². The van der Waals surface area contributed by atoms with Gasteiger partial charge in [-0.2, -0.15) is 0 Å². The molecule has 0 fully saturated rings. The van der Waals surface area contributed by atoms with E-state index in [-0.39, 0.29) is 0 Å². The number of rotatable bonds is 3. The van der Waals surface area contributed by atoms with E-state index < -0.39 is 0 Å². The highest BCUT2D eigenvalue weighted by Gasteiger charge is 2.20. The van der Waals surface area contributed by atoms with Crippen molar-refractivity contribution in [1.82, 2.24) is 5.16 Å². The first kappa shape index (κ1) is 12.7. The fraction of sp³-hybridized carbons (Fsp3) is 0.400. The summed E-state index contributed by atoms with van der Waals surface area (Å²) in [7, 11) is 0. The van der Waals surface area contributed by atoms with Crippen LogP contribution in [0.2, 0.25) is 0 Å². The van der Waals surface area contributed by atoms with Gasteiger partial charge in [0.1, 0.15) is 5.76 Å². The van der Waals surface area contributed by atoms with E-state index in [1.807, 2.05) is 0 Å². The summed E-state index contributed by atoms with van der Waals surface area (Å²) in [6.07, 6.45) is 1.01. The van der Waals surface area contributed by atoms with Crippen LogP contribution in [0.25, 0.3) is 11.1 Å². The van der Waals surface area contributed by atoms with Crippen LogP contribution in [0.5, 0.6) is 0 Å². The highest BCUT2D eigenvalue weighted by molar-refractivity contribution is 5.76. The third kappa shape index (κ3) is 2.13. The van der Waals surface area contributed by atoms with Crippen LogP contribution < -0.4 is 5.73 Å². The topological polar surface area (TPSA) is 52.0 Å². The Morgan fingerprint density at radius 2 is 2.00 bits per heavy atom. The molecule has 2 aromatic rings. The van der Waals surface area contributed by atoms with Gasteiger partial charge in [-0.05, 0) is 37.0 Å². The Bertz CT molecular complexity index is 558. The number of aryl methyl sites for hydroxylation is 2. The quantitative estimate of drug-likeness (QED) is 0.886. The normalized spacial score (nSPS) is 12.7. The van der Waals surface area contributed by atoms with E-state index in [0.717, 1.165) is 23.3 Å². The molecule has 0 aliphatic carbocycles. The Balaban J connectivity index is 2.55. The molecule has 0 radical (unpaired) electrons. The van der Waals surface area contributed by atoms with E-state index in [0.29, 0.717) is 11.7 Å². The second-order valence-electron chi connectivity index (χ2n) is 4.92. The van der Waals surface area contributed by atoms with Crippen LogP contribution in [0.4, 0.5) is 5.82 Å². The van der Waals surface area contributed by atoms with Crippen molar-refractivity contribution in [3.05, 3.63) is 35.1 Å². The van der Waals surface area contributed by atoms with Crippen molar-refractivity contribution in [2.45, 2.75) is 40.0 Å². The standard InChI is InChI=1S/C15H20N2O/c1-5-9(2)14-13(15(16)17-18-14)12-7-6-10(3)11(4)8-12/h6-9H,5H2,1-4H3,(H2,16,17). The Labute approximate surface area is 108 Å². The maximum absolute atomic E-state index is 5.95. The van der Waals surface area contributed by atoms with Gasteiger partial charge < -0.3 is 10.3 Å². The van der Waals surface area contributed by atoms with Crippen LogP contribution in [0.3, 0.4) is 0 Å². The predicted octanol–water partition coefficient (Wildman–Crippen LogP) is 4.05. The second-order valence-corrected chi connectivity index (χ2v) is 4.92. The number of benzene rings is 1. The average Bonchev–Trinajstić information content (AvgIpc) is 2.74. The number of nitrogen functional groups attached to an aromatic ring is 1. The zero-order valence-electron chi connectivity index (χ0n) is 11.4. The van der Waals surface area contributed by atoms with E-state index in [2.05, 4.69) is 51.1 Å². The van der Waals surface area contributed by atoms with Crippen LogP contribution in [0.1, 0.15) is 43.1 Å². The number of nitrogens with zero attached hydrogens (tertiary/aromatic N) is 1. The molecule has 1 aromatic carbocycles. The Morgan fingerprint density at radius 3 is 2.61 bits per heavy atom. The molecule has 1 atom stereocenters. The SMILES string of the molecule is CCC(C)c1onc(N)c1-c1ccc(C)c(C)c1. The van der Waals surface area contributed by atoms with Gasteiger partial charge >= 0.3 is 0 Å². The molecule has 0 aliphatic rings. The molecule has 0 bridgehead atoms. The first-order valence-corrected chi connectivity index (χ1v) is 6.37. The molecule has 0 aliphatic heterocycles. The van der Waals surface area contributed by atoms with Crippen LogP contribution in [-0.2, 0) is 0 Å². The third-order valence-electron chi connectivity index (χ3n) is 3.60. The van der Waals surface area contributed by atoms with Gasteiger partial charge in [-0.15, -0.1) is 0 Å². The summed E-state index contributed by atoms with van der Waals surface area (Å²) < 4.78 is 5.40. The number of aromatic nitrogens is 1. The number of hydrogen-bond acceptors (Lipinski definition) is 3. The van der Waals surface area contributed by atoms with Gasteiger partial charge in [0.05, 0.1) is 5.56 Å². The molecule has 96 valence electrons. The average molecular weight is 244 g/mol. The Kier molecular flexibility index (Phi) is 3.41. The first-order valence-electron chi connectivity index (χ1n) is 6.37. The molecule has 1 unspecified atom stereocenters. The van der Waals surface area contributed by atoms with Crippen molar-refractivity contribution < 1.29 is 4.52 Å². The monoisotopic (exact) mass is 244 g/mol. The maximum atomic E-state index is 5.95. The van der Waals surface area contributed by atoms with Crippen molar-refractivity contribution >= 4 is 5.82 Å². The summed E-state index contributed by atoms with van der Waals surface area (Å²) in [6, 6.07) is 6.33. The number of hydrogen-bond donors (Lipinski definition) is 1. The van der Waals surface area contributed by atoms with Crippen LogP contribution in [0, 0.1) is 13.8 Å². The molecule has 0 spiro atoms. The lowest BCUT2D eigenvalue weighted by Gasteiger charge is -2.09. The van der Waals surface area contributed by atoms with Crippen molar-refractivity contribution in [3.8, 4) is 11.1 Å². The molecule has 3 nitrogen and oxygen atoms in total. The third-order valence-corrected chi connectivity index (χ3v) is 3.60. The van der Waals surface area contributed by atoms with E-state index in [9.17, 15) is 0 Å². The summed E-state index contributed by atoms with van der Waals surface area (Å²) in [4.78, 5) is 0. The lowest BCUT2D eigenvalue weighted by Crippen LogP contribution is -1.95. The van der Waals surface area contributed by atoms with Crippen molar-refractivity contribution in [2.75, 3.05) is 5.73 Å². The fourth-order valence-electron chi connectivity index (χ4n) is 2.02. The minimum absolute atomic E-state index is 0.325. The molecule has 1 heterocycles. The summed E-state index contributed by atoms with van der Waals surface area (Å²) in [5, 5.41) is 3.92. The number of anilines is 1. The number of nitrogens with two attached hydrogens (primary N) is 1. The molecule has 0 saturated carbocycles. The molecule has 0 saturated heterocycles. The molecule has 0 amide bonds. The first-order chi connectivity index (χ1) is 8.54. The molecule has 2 N–H and O–H groups in total. The largest absolute Gasteiger partial charge is 0.380 e. The minimum Gasteiger partial charge on any atom is -0.380 e. The Morgan fingerprint density at radius 1 is 1.28 bits per heavy atom. The molecule has 2 rings (SSSR count). The van der Waals surface area contributed by atoms with Gasteiger partial charge in [0.15, 0.2) is 5.82 Å². The highest BCUT2D eigenvalue weighted by Crippen LogP contribution is 2.35. The van der Waals surface area contributed by atoms with Crippen molar-refractivity contribution in [3.63, 3.8) is 0 Å². The highest BCUT2D eigenvalue weighted by atomic mass is 16.5. The molecule has 18 heavy (non-hydrogen) atoms. The summed E-state index contributed by atoms with van der Waals surface area (Å²) >= 11 is 0. The second kappa shape index (κ2) is 4.84. The Hall–Kier alpha value is -1.77. The lowest BCUT2D eigenvalue weighted by molar-refractivity contribution is 0.366. The molecule has 1 aromatic heterocycles. The van der Waals surface area contributed by atoms with E-state index >= 15 is 0 Å². The van der Waals surface area contributed by atoms with Gasteiger partial charge in [0, 0.05) is 5.92 Å². The van der Waals surface area contributed by atoms with Crippen molar-refractivity contribution in [2.24, 2.45) is 0 Å². The van der Waals surface area contributed by atoms with E-state index in [4.69, 9.17) is 10.3 Å². The van der Waals surface area contributed by atoms with Gasteiger partial charge in [0.25, 0.3) is 0 Å². The van der Waals surface area contributed by atoms with Crippen LogP contribution in [0.15, 0.2) is 22.7 Å². The maximum Gasteiger partial charge on any atom is 0.175 e. The van der Waals surface area contributed by atoms with Crippen LogP contribution in [-0.4, -0.2) is 5.16 Å². The molecule has 3 heteroatoms. The lowest BCUT2D eigenvalue weighted by atomic mass is 9.95. The van der Waals surface area contributed by atoms with Crippen LogP contribution >= 0.6 is 0 Å². The van der Waals surface area contributed by atoms with Gasteiger partial charge in [-0.3, -0.25) is 0 Å². The summed E-state index contributed by atoms with van der Waals surface area (Å²) in [5.41, 5.74) is 10.5. The van der Waals surface area contributed by atoms with Gasteiger partial charge in [-0.25, -0.2) is 0 Å². The minimum atomic E-state index is 0.325. The zero-order valence-corrected chi connectivity index (χ0v) is 11.4. The predicted molar refractivity (Wildman–Crippen MR) is 74.5 cm³/mol. The van der Waals surface area contributed by atoms with E-state index in [1.165, 1.54) is 11.1 Å². The van der Waals surface area contributed by atoms with Gasteiger partial charge in [0.2, 0.25) is 0 Å². The molecular weight excluding hydrogens is 224 g/mol. The zero-order chi connectivity index (χ0) is 13.3. The molecular formula is C15H20N2O. The van der Waals surface area contributed by atoms with Gasteiger partial charge in [-0.1, -0.05) is 37.2 Å². The smallest absolute Gasteiger partial charge is 0.175 e.